The minimum Gasteiger partial charge on any atom is -0.457 e. The summed E-state index contributed by atoms with van der Waals surface area (Å²) in [4.78, 5) is 11.4. The molecule has 0 amide bonds. The summed E-state index contributed by atoms with van der Waals surface area (Å²) in [6.45, 7) is 5.61. The molecule has 0 atom stereocenters. The van der Waals surface area contributed by atoms with Gasteiger partial charge in [0.25, 0.3) is 0 Å². The third-order valence-electron chi connectivity index (χ3n) is 2.34. The average Bonchev–Trinajstić information content (AvgIpc) is 2.27. The van der Waals surface area contributed by atoms with Gasteiger partial charge in [-0.25, -0.2) is 4.79 Å². The molecular formula is C16H22O2. The molecule has 1 aromatic rings. The van der Waals surface area contributed by atoms with Crippen LogP contribution in [-0.4, -0.2) is 11.6 Å². The van der Waals surface area contributed by atoms with Gasteiger partial charge in [-0.3, -0.25) is 0 Å². The van der Waals surface area contributed by atoms with Gasteiger partial charge < -0.3 is 4.74 Å². The van der Waals surface area contributed by atoms with E-state index in [0.717, 1.165) is 19.3 Å². The fourth-order valence-corrected chi connectivity index (χ4v) is 1.58. The number of ether oxygens (including phenoxy) is 1. The van der Waals surface area contributed by atoms with E-state index in [1.165, 1.54) is 11.6 Å². The van der Waals surface area contributed by atoms with E-state index in [1.807, 2.05) is 45.0 Å². The maximum absolute atomic E-state index is 11.4. The van der Waals surface area contributed by atoms with Crippen molar-refractivity contribution in [3.63, 3.8) is 0 Å². The molecule has 0 aliphatic carbocycles. The summed E-state index contributed by atoms with van der Waals surface area (Å²) in [5.41, 5.74) is 0.925. The van der Waals surface area contributed by atoms with Gasteiger partial charge in [0.05, 0.1) is 0 Å². The quantitative estimate of drug-likeness (QED) is 0.447. The minimum absolute atomic E-state index is 0.262. The Morgan fingerprint density at radius 2 is 1.89 bits per heavy atom. The number of benzene rings is 1. The number of hydrogen-bond acceptors (Lipinski definition) is 2. The number of rotatable bonds is 5. The van der Waals surface area contributed by atoms with Crippen molar-refractivity contribution < 1.29 is 9.53 Å². The summed E-state index contributed by atoms with van der Waals surface area (Å²) < 4.78 is 5.18. The van der Waals surface area contributed by atoms with E-state index >= 15 is 0 Å². The molecule has 2 heteroatoms. The molecule has 0 spiro atoms. The van der Waals surface area contributed by atoms with E-state index in [2.05, 4.69) is 12.1 Å². The fourth-order valence-electron chi connectivity index (χ4n) is 1.58. The van der Waals surface area contributed by atoms with Crippen molar-refractivity contribution in [2.75, 3.05) is 0 Å². The lowest BCUT2D eigenvalue weighted by molar-refractivity contribution is -0.148. The molecule has 0 fully saturated rings. The van der Waals surface area contributed by atoms with Crippen molar-refractivity contribution in [1.82, 2.24) is 0 Å². The maximum atomic E-state index is 11.4. The largest absolute Gasteiger partial charge is 0.457 e. The maximum Gasteiger partial charge on any atom is 0.330 e. The molecule has 0 N–H and O–H groups in total. The van der Waals surface area contributed by atoms with Crippen molar-refractivity contribution in [2.24, 2.45) is 0 Å². The first kappa shape index (κ1) is 14.5. The molecule has 0 saturated carbocycles. The molecule has 0 saturated heterocycles. The average molecular weight is 246 g/mol. The molecule has 0 bridgehead atoms. The second-order valence-electron chi connectivity index (χ2n) is 5.31. The van der Waals surface area contributed by atoms with Gasteiger partial charge in [0, 0.05) is 6.08 Å². The lowest BCUT2D eigenvalue weighted by Crippen LogP contribution is -2.22. The van der Waals surface area contributed by atoms with Crippen LogP contribution in [0, 0.1) is 0 Å². The molecule has 0 unspecified atom stereocenters. The smallest absolute Gasteiger partial charge is 0.330 e. The number of carbonyl (C=O) groups excluding carboxylic acids is 1. The lowest BCUT2D eigenvalue weighted by Gasteiger charge is -2.17. The summed E-state index contributed by atoms with van der Waals surface area (Å²) in [6, 6.07) is 10.4. The van der Waals surface area contributed by atoms with Crippen LogP contribution >= 0.6 is 0 Å². The number of carbonyl (C=O) groups is 1. The number of aryl methyl sites for hydroxylation is 1. The Bertz CT molecular complexity index is 385. The normalized spacial score (nSPS) is 11.7. The third-order valence-corrected chi connectivity index (χ3v) is 2.34. The standard InChI is InChI=1S/C16H22O2/c1-16(2,3)18-15(17)13-9-5-8-12-14-10-6-4-7-11-14/h4,6-7,9-11,13H,5,8,12H2,1-3H3/b13-9+. The topological polar surface area (TPSA) is 26.3 Å². The van der Waals surface area contributed by atoms with Gasteiger partial charge in [-0.2, -0.15) is 0 Å². The van der Waals surface area contributed by atoms with Crippen LogP contribution in [0.15, 0.2) is 42.5 Å². The van der Waals surface area contributed by atoms with Crippen molar-refractivity contribution in [1.29, 1.82) is 0 Å². The molecule has 0 radical (unpaired) electrons. The van der Waals surface area contributed by atoms with Crippen LogP contribution in [0.2, 0.25) is 0 Å². The molecule has 2 nitrogen and oxygen atoms in total. The van der Waals surface area contributed by atoms with E-state index in [9.17, 15) is 4.79 Å². The Hall–Kier alpha value is -1.57. The Labute approximate surface area is 110 Å². The van der Waals surface area contributed by atoms with Crippen molar-refractivity contribution in [2.45, 2.75) is 45.6 Å². The van der Waals surface area contributed by atoms with E-state index in [0.29, 0.717) is 0 Å². The zero-order valence-electron chi connectivity index (χ0n) is 11.5. The SMILES string of the molecule is CC(C)(C)OC(=O)/C=C/CCCc1ccccc1. The molecule has 0 aliphatic heterocycles. The summed E-state index contributed by atoms with van der Waals surface area (Å²) in [7, 11) is 0. The molecule has 1 aromatic carbocycles. The first-order chi connectivity index (χ1) is 8.47. The molecule has 98 valence electrons. The highest BCUT2D eigenvalue weighted by molar-refractivity contribution is 5.82. The predicted molar refractivity (Wildman–Crippen MR) is 74.4 cm³/mol. The molecule has 18 heavy (non-hydrogen) atoms. The molecule has 0 aromatic heterocycles. The van der Waals surface area contributed by atoms with Crippen LogP contribution in [0.1, 0.15) is 39.2 Å². The summed E-state index contributed by atoms with van der Waals surface area (Å²) in [5, 5.41) is 0. The predicted octanol–water partition coefficient (Wildman–Crippen LogP) is 3.91. The van der Waals surface area contributed by atoms with Gasteiger partial charge >= 0.3 is 5.97 Å². The highest BCUT2D eigenvalue weighted by Crippen LogP contribution is 2.08. The second kappa shape index (κ2) is 7.00. The lowest BCUT2D eigenvalue weighted by atomic mass is 10.1. The molecule has 0 aliphatic rings. The highest BCUT2D eigenvalue weighted by Gasteiger charge is 2.13. The number of hydrogen-bond donors (Lipinski definition) is 0. The Morgan fingerprint density at radius 1 is 1.22 bits per heavy atom. The van der Waals surface area contributed by atoms with Gasteiger partial charge in [0.15, 0.2) is 0 Å². The van der Waals surface area contributed by atoms with Crippen LogP contribution in [-0.2, 0) is 16.0 Å². The van der Waals surface area contributed by atoms with Gasteiger partial charge in [0.2, 0.25) is 0 Å². The van der Waals surface area contributed by atoms with E-state index in [4.69, 9.17) is 4.74 Å². The Balaban J connectivity index is 2.20. The second-order valence-corrected chi connectivity index (χ2v) is 5.31. The van der Waals surface area contributed by atoms with Crippen LogP contribution in [0.3, 0.4) is 0 Å². The molecule has 1 rings (SSSR count). The van der Waals surface area contributed by atoms with Gasteiger partial charge in [-0.1, -0.05) is 36.4 Å². The number of esters is 1. The van der Waals surface area contributed by atoms with Crippen LogP contribution in [0.25, 0.3) is 0 Å². The zero-order valence-corrected chi connectivity index (χ0v) is 11.5. The van der Waals surface area contributed by atoms with Crippen LogP contribution < -0.4 is 0 Å². The summed E-state index contributed by atoms with van der Waals surface area (Å²) >= 11 is 0. The van der Waals surface area contributed by atoms with E-state index < -0.39 is 5.60 Å². The Kier molecular flexibility index (Phi) is 5.63. The van der Waals surface area contributed by atoms with Gasteiger partial charge in [0.1, 0.15) is 5.60 Å². The Morgan fingerprint density at radius 3 is 2.50 bits per heavy atom. The fraction of sp³-hybridized carbons (Fsp3) is 0.438. The van der Waals surface area contributed by atoms with E-state index in [1.54, 1.807) is 0 Å². The van der Waals surface area contributed by atoms with Crippen molar-refractivity contribution in [3.05, 3.63) is 48.0 Å². The number of unbranched alkanes of at least 4 members (excludes halogenated alkanes) is 1. The highest BCUT2D eigenvalue weighted by atomic mass is 16.6. The monoisotopic (exact) mass is 246 g/mol. The third kappa shape index (κ3) is 6.89. The number of allylic oxidation sites excluding steroid dienone is 1. The molecule has 0 heterocycles. The first-order valence-electron chi connectivity index (χ1n) is 6.41. The first-order valence-corrected chi connectivity index (χ1v) is 6.41. The van der Waals surface area contributed by atoms with E-state index in [-0.39, 0.29) is 5.97 Å². The van der Waals surface area contributed by atoms with Gasteiger partial charge in [-0.15, -0.1) is 0 Å². The zero-order chi connectivity index (χ0) is 13.4. The summed E-state index contributed by atoms with van der Waals surface area (Å²) in [6.07, 6.45) is 6.39. The van der Waals surface area contributed by atoms with Gasteiger partial charge in [-0.05, 0) is 45.6 Å². The molecular weight excluding hydrogens is 224 g/mol. The van der Waals surface area contributed by atoms with Crippen LogP contribution in [0.4, 0.5) is 0 Å². The summed E-state index contributed by atoms with van der Waals surface area (Å²) in [5.74, 6) is -0.262. The van der Waals surface area contributed by atoms with Crippen molar-refractivity contribution >= 4 is 5.97 Å². The van der Waals surface area contributed by atoms with Crippen LogP contribution in [0.5, 0.6) is 0 Å². The van der Waals surface area contributed by atoms with Crippen molar-refractivity contribution in [3.8, 4) is 0 Å². The minimum atomic E-state index is -0.411.